The number of hydrogen-bond donors (Lipinski definition) is 1. The molecule has 0 radical (unpaired) electrons. The van der Waals surface area contributed by atoms with Gasteiger partial charge in [0.25, 0.3) is 0 Å². The van der Waals surface area contributed by atoms with Crippen LogP contribution in [0.15, 0.2) is 27.7 Å². The number of rotatable bonds is 5. The molecule has 0 bridgehead atoms. The van der Waals surface area contributed by atoms with Crippen LogP contribution >= 0.6 is 23.1 Å². The topological polar surface area (TPSA) is 63.8 Å². The van der Waals surface area contributed by atoms with Crippen molar-refractivity contribution in [3.63, 3.8) is 0 Å². The molecule has 0 saturated heterocycles. The number of nitrogens with zero attached hydrogens (tertiary/aromatic N) is 4. The van der Waals surface area contributed by atoms with E-state index >= 15 is 0 Å². The van der Waals surface area contributed by atoms with E-state index in [9.17, 15) is 18.3 Å². The molecule has 0 aliphatic carbocycles. The zero-order valence-corrected chi connectivity index (χ0v) is 14.2. The molecule has 0 aliphatic heterocycles. The van der Waals surface area contributed by atoms with E-state index < -0.39 is 11.7 Å². The summed E-state index contributed by atoms with van der Waals surface area (Å²) in [5.41, 5.74) is -0.408. The zero-order valence-electron chi connectivity index (χ0n) is 12.5. The fourth-order valence-corrected chi connectivity index (χ4v) is 4.19. The van der Waals surface area contributed by atoms with Crippen LogP contribution in [0.2, 0.25) is 0 Å². The number of aromatic nitrogens is 4. The average molecular weight is 374 g/mol. The molecule has 0 atom stereocenters. The Morgan fingerprint density at radius 1 is 1.29 bits per heavy atom. The van der Waals surface area contributed by atoms with Crippen LogP contribution in [0, 0.1) is 0 Å². The van der Waals surface area contributed by atoms with Crippen molar-refractivity contribution in [2.45, 2.75) is 42.2 Å². The Morgan fingerprint density at radius 2 is 2.08 bits per heavy atom. The van der Waals surface area contributed by atoms with Gasteiger partial charge in [-0.3, -0.25) is 0 Å². The van der Waals surface area contributed by atoms with Gasteiger partial charge in [0.2, 0.25) is 0 Å². The smallest absolute Gasteiger partial charge is 0.388 e. The van der Waals surface area contributed by atoms with Gasteiger partial charge < -0.3 is 9.67 Å². The van der Waals surface area contributed by atoms with Crippen molar-refractivity contribution in [1.82, 2.24) is 19.7 Å². The largest absolute Gasteiger partial charge is 0.416 e. The molecule has 3 rings (SSSR count). The Labute approximate surface area is 143 Å². The third-order valence-electron chi connectivity index (χ3n) is 3.26. The van der Waals surface area contributed by atoms with Gasteiger partial charge in [-0.2, -0.15) is 13.2 Å². The standard InChI is InChI=1S/C14H13F3N4OS2/c1-2-5-21-11(7-22)19-20-12(21)24-13-18-9-6-8(14(15,16)17)3-4-10(9)23-13/h3-4,6,22H,2,5,7H2,1H3. The Kier molecular flexibility index (Phi) is 4.79. The Morgan fingerprint density at radius 3 is 2.75 bits per heavy atom. The highest BCUT2D eigenvalue weighted by Crippen LogP contribution is 2.37. The second kappa shape index (κ2) is 6.69. The van der Waals surface area contributed by atoms with Gasteiger partial charge in [0, 0.05) is 6.54 Å². The summed E-state index contributed by atoms with van der Waals surface area (Å²) in [6, 6.07) is 3.53. The maximum absolute atomic E-state index is 12.8. The molecule has 128 valence electrons. The van der Waals surface area contributed by atoms with E-state index in [2.05, 4.69) is 15.2 Å². The van der Waals surface area contributed by atoms with Gasteiger partial charge in [0.15, 0.2) is 15.3 Å². The first-order valence-electron chi connectivity index (χ1n) is 7.11. The van der Waals surface area contributed by atoms with Crippen LogP contribution in [0.1, 0.15) is 24.7 Å². The second-order valence-electron chi connectivity index (χ2n) is 4.97. The van der Waals surface area contributed by atoms with Gasteiger partial charge >= 0.3 is 6.18 Å². The minimum Gasteiger partial charge on any atom is -0.388 e. The van der Waals surface area contributed by atoms with Crippen LogP contribution < -0.4 is 0 Å². The zero-order chi connectivity index (χ0) is 17.3. The fraction of sp³-hybridized carbons (Fsp3) is 0.357. The number of thiazole rings is 1. The van der Waals surface area contributed by atoms with Crippen molar-refractivity contribution in [3.05, 3.63) is 29.6 Å². The first-order valence-corrected chi connectivity index (χ1v) is 8.74. The van der Waals surface area contributed by atoms with E-state index in [-0.39, 0.29) is 6.61 Å². The maximum Gasteiger partial charge on any atom is 0.416 e. The monoisotopic (exact) mass is 374 g/mol. The van der Waals surface area contributed by atoms with Gasteiger partial charge in [-0.25, -0.2) is 4.98 Å². The van der Waals surface area contributed by atoms with Crippen molar-refractivity contribution >= 4 is 33.3 Å². The number of hydrogen-bond acceptors (Lipinski definition) is 6. The number of benzene rings is 1. The van der Waals surface area contributed by atoms with E-state index in [0.29, 0.717) is 32.1 Å². The lowest BCUT2D eigenvalue weighted by molar-refractivity contribution is -0.137. The second-order valence-corrected chi connectivity index (χ2v) is 7.22. The van der Waals surface area contributed by atoms with Crippen molar-refractivity contribution in [1.29, 1.82) is 0 Å². The molecule has 0 saturated carbocycles. The first-order chi connectivity index (χ1) is 11.4. The Bertz CT molecular complexity index is 859. The van der Waals surface area contributed by atoms with Crippen molar-refractivity contribution in [2.75, 3.05) is 0 Å². The highest BCUT2D eigenvalue weighted by molar-refractivity contribution is 8.01. The molecule has 2 heterocycles. The molecule has 5 nitrogen and oxygen atoms in total. The summed E-state index contributed by atoms with van der Waals surface area (Å²) in [4.78, 5) is 4.26. The minimum atomic E-state index is -4.39. The van der Waals surface area contributed by atoms with Crippen molar-refractivity contribution < 1.29 is 18.3 Å². The van der Waals surface area contributed by atoms with Crippen LogP contribution in [0.3, 0.4) is 0 Å². The van der Waals surface area contributed by atoms with Gasteiger partial charge in [-0.05, 0) is 36.4 Å². The fourth-order valence-electron chi connectivity index (χ4n) is 2.16. The molecule has 0 spiro atoms. The van der Waals surface area contributed by atoms with Crippen LogP contribution in [-0.2, 0) is 19.3 Å². The van der Waals surface area contributed by atoms with Crippen molar-refractivity contribution in [3.8, 4) is 0 Å². The molecule has 1 aromatic carbocycles. The third-order valence-corrected chi connectivity index (χ3v) is 5.34. The van der Waals surface area contributed by atoms with E-state index in [1.54, 1.807) is 4.57 Å². The maximum atomic E-state index is 12.8. The summed E-state index contributed by atoms with van der Waals surface area (Å²) >= 11 is 2.53. The lowest BCUT2D eigenvalue weighted by atomic mass is 10.2. The summed E-state index contributed by atoms with van der Waals surface area (Å²) in [5.74, 6) is 0.458. The van der Waals surface area contributed by atoms with Crippen LogP contribution in [0.5, 0.6) is 0 Å². The van der Waals surface area contributed by atoms with Gasteiger partial charge in [-0.1, -0.05) is 6.92 Å². The SMILES string of the molecule is CCCn1c(CO)nnc1Sc1nc2cc(C(F)(F)F)ccc2s1. The average Bonchev–Trinajstić information content (AvgIpc) is 3.10. The highest BCUT2D eigenvalue weighted by Gasteiger charge is 2.30. The molecule has 2 aromatic heterocycles. The molecule has 0 amide bonds. The van der Waals surface area contributed by atoms with E-state index in [1.165, 1.54) is 29.2 Å². The molecule has 3 aromatic rings. The number of alkyl halides is 3. The lowest BCUT2D eigenvalue weighted by Crippen LogP contribution is -2.04. The summed E-state index contributed by atoms with van der Waals surface area (Å²) in [6.45, 7) is 2.42. The summed E-state index contributed by atoms with van der Waals surface area (Å²) < 4.78 is 41.4. The summed E-state index contributed by atoms with van der Waals surface area (Å²) in [5, 5.41) is 17.8. The van der Waals surface area contributed by atoms with Gasteiger partial charge in [0.1, 0.15) is 6.61 Å². The molecular weight excluding hydrogens is 361 g/mol. The van der Waals surface area contributed by atoms with Crippen molar-refractivity contribution in [2.24, 2.45) is 0 Å². The molecule has 0 fully saturated rings. The highest BCUT2D eigenvalue weighted by atomic mass is 32.2. The third kappa shape index (κ3) is 3.40. The number of aliphatic hydroxyl groups is 1. The van der Waals surface area contributed by atoms with Crippen LogP contribution in [0.25, 0.3) is 10.2 Å². The molecule has 1 N–H and O–H groups in total. The Hall–Kier alpha value is -1.65. The predicted octanol–water partition coefficient (Wildman–Crippen LogP) is 3.96. The number of aliphatic hydroxyl groups excluding tert-OH is 1. The van der Waals surface area contributed by atoms with Gasteiger partial charge in [0.05, 0.1) is 15.8 Å². The molecule has 0 unspecified atom stereocenters. The van der Waals surface area contributed by atoms with Gasteiger partial charge in [-0.15, -0.1) is 21.5 Å². The minimum absolute atomic E-state index is 0.220. The lowest BCUT2D eigenvalue weighted by Gasteiger charge is -2.05. The van der Waals surface area contributed by atoms with E-state index in [4.69, 9.17) is 0 Å². The molecule has 24 heavy (non-hydrogen) atoms. The molecule has 10 heteroatoms. The normalized spacial score (nSPS) is 12.2. The van der Waals surface area contributed by atoms with Crippen LogP contribution in [0.4, 0.5) is 13.2 Å². The van der Waals surface area contributed by atoms with Crippen LogP contribution in [-0.4, -0.2) is 24.9 Å². The predicted molar refractivity (Wildman–Crippen MR) is 85.0 cm³/mol. The first kappa shape index (κ1) is 17.2. The van der Waals surface area contributed by atoms with E-state index in [1.807, 2.05) is 6.92 Å². The molecular formula is C14H13F3N4OS2. The van der Waals surface area contributed by atoms with E-state index in [0.717, 1.165) is 18.6 Å². The quantitative estimate of drug-likeness (QED) is 0.732. The summed E-state index contributed by atoms with van der Waals surface area (Å²) in [6.07, 6.45) is -3.55. The molecule has 0 aliphatic rings. The summed E-state index contributed by atoms with van der Waals surface area (Å²) in [7, 11) is 0. The number of halogens is 3. The number of fused-ring (bicyclic) bond motifs is 1. The Balaban J connectivity index is 1.92.